The van der Waals surface area contributed by atoms with E-state index in [1.807, 2.05) is 0 Å². The van der Waals surface area contributed by atoms with Crippen LogP contribution in [0.25, 0.3) is 0 Å². The zero-order chi connectivity index (χ0) is 72.3. The van der Waals surface area contributed by atoms with E-state index in [0.717, 1.165) is 199 Å². The lowest BCUT2D eigenvalue weighted by Gasteiger charge is -2.21. The molecule has 0 heterocycles. The molecule has 18 heteroatoms. The number of aliphatic hydroxyl groups is 2. The molecule has 564 valence electrons. The molecule has 0 saturated heterocycles. The molecule has 99 heavy (non-hydrogen) atoms. The molecule has 0 amide bonds. The Labute approximate surface area is 600 Å². The summed E-state index contributed by atoms with van der Waals surface area (Å²) in [5.74, 6) is -1.62. The van der Waals surface area contributed by atoms with Gasteiger partial charge in [-0.05, 0) is 148 Å². The van der Waals surface area contributed by atoms with E-state index in [1.54, 1.807) is 0 Å². The Kier molecular flexibility index (Phi) is 69.4. The molecule has 0 aromatic rings. The maximum absolute atomic E-state index is 13.0. The number of phosphoric acid groups is 2. The lowest BCUT2D eigenvalue weighted by Crippen LogP contribution is -2.30. The fraction of sp³-hybridized carbons (Fsp3) is 0.642. The largest absolute Gasteiger partial charge is 0.472 e. The monoisotopic (exact) mass is 1420 g/mol. The molecule has 16 nitrogen and oxygen atoms in total. The lowest BCUT2D eigenvalue weighted by atomic mass is 10.1. The van der Waals surface area contributed by atoms with Crippen LogP contribution in [0.4, 0.5) is 0 Å². The molecule has 0 aliphatic rings. The second-order valence-corrected chi connectivity index (χ2v) is 27.6. The van der Waals surface area contributed by atoms with Gasteiger partial charge in [0.1, 0.15) is 25.4 Å². The first-order valence-corrected chi connectivity index (χ1v) is 40.8. The molecule has 5 atom stereocenters. The van der Waals surface area contributed by atoms with Crippen molar-refractivity contribution in [1.29, 1.82) is 0 Å². The number of ether oxygens (including phenoxy) is 3. The minimum atomic E-state index is -4.94. The van der Waals surface area contributed by atoms with Gasteiger partial charge in [0, 0.05) is 19.3 Å². The molecular weight excluding hydrogens is 1290 g/mol. The van der Waals surface area contributed by atoms with Crippen LogP contribution in [0.2, 0.25) is 0 Å². The van der Waals surface area contributed by atoms with Crippen molar-refractivity contribution in [2.24, 2.45) is 0 Å². The highest BCUT2D eigenvalue weighted by Crippen LogP contribution is 2.45. The van der Waals surface area contributed by atoms with Gasteiger partial charge in [0.15, 0.2) is 6.10 Å². The number of allylic oxidation sites excluding steroid dienone is 26. The normalized spacial score (nSPS) is 14.9. The number of phosphoric ester groups is 2. The van der Waals surface area contributed by atoms with Gasteiger partial charge in [0.25, 0.3) is 0 Å². The van der Waals surface area contributed by atoms with E-state index in [9.17, 15) is 43.5 Å². The van der Waals surface area contributed by atoms with Crippen molar-refractivity contribution >= 4 is 33.6 Å². The van der Waals surface area contributed by atoms with Gasteiger partial charge in [-0.3, -0.25) is 32.5 Å². The van der Waals surface area contributed by atoms with Crippen LogP contribution >= 0.6 is 15.6 Å². The summed E-state index contributed by atoms with van der Waals surface area (Å²) in [6, 6.07) is 0. The Morgan fingerprint density at radius 1 is 0.293 bits per heavy atom. The van der Waals surface area contributed by atoms with E-state index in [2.05, 4.69) is 179 Å². The number of carbonyl (C=O) groups excluding carboxylic acids is 3. The van der Waals surface area contributed by atoms with Gasteiger partial charge in [-0.15, -0.1) is 0 Å². The summed E-state index contributed by atoms with van der Waals surface area (Å²) in [4.78, 5) is 58.6. The maximum Gasteiger partial charge on any atom is 0.472 e. The van der Waals surface area contributed by atoms with Crippen molar-refractivity contribution in [3.05, 3.63) is 158 Å². The highest BCUT2D eigenvalue weighted by atomic mass is 31.2. The summed E-state index contributed by atoms with van der Waals surface area (Å²) in [5.41, 5.74) is 0. The fourth-order valence-electron chi connectivity index (χ4n) is 9.51. The van der Waals surface area contributed by atoms with Gasteiger partial charge in [0.05, 0.1) is 26.4 Å². The highest BCUT2D eigenvalue weighted by Gasteiger charge is 2.29. The van der Waals surface area contributed by atoms with Crippen LogP contribution in [0.15, 0.2) is 158 Å². The molecule has 0 aromatic carbocycles. The van der Waals surface area contributed by atoms with Gasteiger partial charge in [-0.1, -0.05) is 269 Å². The summed E-state index contributed by atoms with van der Waals surface area (Å²) < 4.78 is 61.1. The molecule has 0 fully saturated rings. The maximum atomic E-state index is 13.0. The van der Waals surface area contributed by atoms with Crippen molar-refractivity contribution in [1.82, 2.24) is 0 Å². The fourth-order valence-corrected chi connectivity index (χ4v) is 11.1. The van der Waals surface area contributed by atoms with Crippen LogP contribution in [0, 0.1) is 0 Å². The van der Waals surface area contributed by atoms with Crippen LogP contribution in [0.3, 0.4) is 0 Å². The Morgan fingerprint density at radius 3 is 0.848 bits per heavy atom. The Bertz CT molecular complexity index is 2430. The average Bonchev–Trinajstić information content (AvgIpc) is 1.57. The Balaban J connectivity index is 4.66. The van der Waals surface area contributed by atoms with E-state index >= 15 is 0 Å². The summed E-state index contributed by atoms with van der Waals surface area (Å²) in [5, 5.41) is 20.6. The first-order chi connectivity index (χ1) is 48.2. The predicted octanol–water partition coefficient (Wildman–Crippen LogP) is 21.9. The van der Waals surface area contributed by atoms with Gasteiger partial charge < -0.3 is 34.2 Å². The second kappa shape index (κ2) is 72.9. The second-order valence-electron chi connectivity index (χ2n) is 24.7. The van der Waals surface area contributed by atoms with Crippen molar-refractivity contribution in [3.8, 4) is 0 Å². The van der Waals surface area contributed by atoms with Crippen LogP contribution < -0.4 is 0 Å². The first kappa shape index (κ1) is 94.2. The molecule has 5 unspecified atom stereocenters. The summed E-state index contributed by atoms with van der Waals surface area (Å²) in [6.45, 7) is 2.36. The summed E-state index contributed by atoms with van der Waals surface area (Å²) in [6.07, 6.45) is 89.9. The number of hydrogen-bond donors (Lipinski definition) is 4. The van der Waals surface area contributed by atoms with Gasteiger partial charge in [-0.2, -0.15) is 0 Å². The first-order valence-electron chi connectivity index (χ1n) is 37.8. The topological polar surface area (TPSA) is 231 Å². The number of hydrogen-bond acceptors (Lipinski definition) is 14. The molecule has 0 bridgehead atoms. The quantitative estimate of drug-likeness (QED) is 0.0146. The predicted molar refractivity (Wildman–Crippen MR) is 408 cm³/mol. The third-order valence-corrected chi connectivity index (χ3v) is 17.1. The number of carbonyl (C=O) groups is 3. The van der Waals surface area contributed by atoms with E-state index in [1.165, 1.54) is 19.3 Å². The SMILES string of the molecule is CC/C=C\C/C=C\C/C=C\C/C=C\C/C=C\C/C=C\CCCCCCCCC(=O)OCC(O)COP(=O)(O)OCC(O)COP(=O)(O)OCC(COC(=O)CCCCCCCCC/C=C\C/C=C\C/C=C\C/C=C\C/C=C\CC)OC(=O)CCCCCCC/C=C\C/C=C\CCCCC. The summed E-state index contributed by atoms with van der Waals surface area (Å²) in [7, 11) is -9.81. The molecule has 0 aliphatic carbocycles. The number of aliphatic hydroxyl groups excluding tert-OH is 2. The van der Waals surface area contributed by atoms with Crippen molar-refractivity contribution in [2.75, 3.05) is 39.6 Å². The molecular formula is C81H134O16P2. The molecule has 0 radical (unpaired) electrons. The molecule has 0 aliphatic heterocycles. The van der Waals surface area contributed by atoms with Crippen LogP contribution in [-0.4, -0.2) is 95.9 Å². The van der Waals surface area contributed by atoms with Crippen molar-refractivity contribution in [3.63, 3.8) is 0 Å². The minimum absolute atomic E-state index is 0.0808. The van der Waals surface area contributed by atoms with Gasteiger partial charge in [-0.25, -0.2) is 9.13 Å². The van der Waals surface area contributed by atoms with Crippen molar-refractivity contribution < 1.29 is 75.8 Å². The Hall–Kier alpha value is -4.83. The molecule has 0 rings (SSSR count). The van der Waals surface area contributed by atoms with Crippen LogP contribution in [0.1, 0.15) is 278 Å². The smallest absolute Gasteiger partial charge is 0.463 e. The average molecular weight is 1430 g/mol. The molecule has 0 aromatic heterocycles. The zero-order valence-electron chi connectivity index (χ0n) is 61.4. The zero-order valence-corrected chi connectivity index (χ0v) is 63.1. The molecule has 0 saturated carbocycles. The third kappa shape index (κ3) is 74.2. The van der Waals surface area contributed by atoms with Crippen LogP contribution in [0.5, 0.6) is 0 Å². The number of unbranched alkanes of at least 4 members (excludes halogenated alkanes) is 21. The highest BCUT2D eigenvalue weighted by molar-refractivity contribution is 7.47. The van der Waals surface area contributed by atoms with E-state index in [0.29, 0.717) is 19.3 Å². The van der Waals surface area contributed by atoms with Gasteiger partial charge in [0.2, 0.25) is 0 Å². The standard InChI is InChI=1S/C81H134O16P2/c1-4-7-10-13-16-19-22-25-28-30-32-34-36-37-39-41-42-44-47-49-52-55-58-61-64-67-79(84)91-70-76(82)71-93-98(87,88)94-72-77(83)73-95-99(89,90)96-75-78(97-81(86)69-66-63-60-57-54-51-46-27-24-21-18-15-12-9-6-3)74-92-80(85)68-65-62-59-56-53-50-48-45-43-40-38-35-33-31-29-26-23-20-17-14-11-8-5-2/h7-8,10-11,16-21,25-29,32-35,37,39-40,42-44,46,76-78,82-83H,4-6,9,12-15,22-24,30-31,36,38,41,45,47-75H2,1-3H3,(H,87,88)(H,89,90)/b10-7-,11-8-,19-16-,20-17-,21-18-,28-25-,29-26-,34-32-,35-33-,39-37-,43-40-,44-42-,46-27-. The molecule has 0 spiro atoms. The lowest BCUT2D eigenvalue weighted by molar-refractivity contribution is -0.161. The van der Waals surface area contributed by atoms with E-state index < -0.39 is 91.5 Å². The van der Waals surface area contributed by atoms with Crippen molar-refractivity contribution in [2.45, 2.75) is 296 Å². The van der Waals surface area contributed by atoms with Crippen LogP contribution in [-0.2, 0) is 55.8 Å². The summed E-state index contributed by atoms with van der Waals surface area (Å²) >= 11 is 0. The number of esters is 3. The minimum Gasteiger partial charge on any atom is -0.463 e. The number of rotatable bonds is 70. The molecule has 4 N–H and O–H groups in total. The van der Waals surface area contributed by atoms with Gasteiger partial charge >= 0.3 is 33.6 Å². The Morgan fingerprint density at radius 2 is 0.535 bits per heavy atom. The van der Waals surface area contributed by atoms with E-state index in [4.69, 9.17) is 32.3 Å². The van der Waals surface area contributed by atoms with E-state index in [-0.39, 0.29) is 19.3 Å². The third-order valence-electron chi connectivity index (χ3n) is 15.2.